The highest BCUT2D eigenvalue weighted by molar-refractivity contribution is 7.97. The quantitative estimate of drug-likeness (QED) is 0.530. The Hall–Kier alpha value is -3.01. The highest BCUT2D eigenvalue weighted by Crippen LogP contribution is 2.49. The van der Waals surface area contributed by atoms with Gasteiger partial charge in [0.2, 0.25) is 5.91 Å². The number of hydrogen-bond acceptors (Lipinski definition) is 6. The number of rotatable bonds is 6. The molecule has 2 heterocycles. The molecule has 9 heteroatoms. The summed E-state index contributed by atoms with van der Waals surface area (Å²) in [5.74, 6) is -1.18. The molecule has 0 radical (unpaired) electrons. The Morgan fingerprint density at radius 2 is 1.50 bits per heavy atom. The molecule has 1 saturated heterocycles. The van der Waals surface area contributed by atoms with E-state index in [9.17, 15) is 21.6 Å². The number of nitrogens with zero attached hydrogens (tertiary/aromatic N) is 1. The van der Waals surface area contributed by atoms with E-state index in [0.717, 1.165) is 32.5 Å². The van der Waals surface area contributed by atoms with E-state index in [1.54, 1.807) is 24.3 Å². The lowest BCUT2D eigenvalue weighted by molar-refractivity contribution is -0.117. The van der Waals surface area contributed by atoms with Crippen LogP contribution in [-0.4, -0.2) is 46.0 Å². The molecule has 2 N–H and O–H groups in total. The maximum Gasteiger partial charge on any atom is 0.237 e. The summed E-state index contributed by atoms with van der Waals surface area (Å²) in [5, 5.41) is -3.44. The molecule has 1 amide bonds. The van der Waals surface area contributed by atoms with Crippen molar-refractivity contribution in [2.75, 3.05) is 13.1 Å². The number of benzene rings is 3. The molecule has 5 rings (SSSR count). The first-order valence-corrected chi connectivity index (χ1v) is 15.0. The monoisotopic (exact) mass is 524 g/mol. The molecule has 0 bridgehead atoms. The van der Waals surface area contributed by atoms with Crippen LogP contribution in [0.2, 0.25) is 0 Å². The van der Waals surface area contributed by atoms with Gasteiger partial charge in [0.25, 0.3) is 0 Å². The third-order valence-corrected chi connectivity index (χ3v) is 11.7. The van der Waals surface area contributed by atoms with Gasteiger partial charge in [-0.15, -0.1) is 0 Å². The van der Waals surface area contributed by atoms with Gasteiger partial charge in [-0.25, -0.2) is 16.8 Å². The lowest BCUT2D eigenvalue weighted by Crippen LogP contribution is -2.39. The summed E-state index contributed by atoms with van der Waals surface area (Å²) in [6.45, 7) is 2.42. The van der Waals surface area contributed by atoms with E-state index in [0.29, 0.717) is 5.56 Å². The second-order valence-electron chi connectivity index (χ2n) is 9.44. The average Bonchev–Trinajstić information content (AvgIpc) is 3.13. The van der Waals surface area contributed by atoms with Crippen molar-refractivity contribution in [3.05, 3.63) is 95.6 Å². The predicted octanol–water partition coefficient (Wildman–Crippen LogP) is 3.22. The van der Waals surface area contributed by atoms with Crippen LogP contribution in [0.5, 0.6) is 0 Å². The Balaban J connectivity index is 1.53. The minimum atomic E-state index is -4.26. The van der Waals surface area contributed by atoms with Crippen LogP contribution in [0.15, 0.2) is 88.7 Å². The molecule has 3 aromatic carbocycles. The van der Waals surface area contributed by atoms with Crippen molar-refractivity contribution in [2.24, 2.45) is 5.73 Å². The summed E-state index contributed by atoms with van der Waals surface area (Å²) in [4.78, 5) is 14.7. The number of carbonyl (C=O) groups excluding carboxylic acids is 1. The maximum absolute atomic E-state index is 13.8. The number of piperidine rings is 1. The third-order valence-electron chi connectivity index (χ3n) is 7.26. The minimum absolute atomic E-state index is 0.0257. The molecular formula is C27H28N2O5S2. The molecule has 0 spiro atoms. The fraction of sp³-hybridized carbons (Fsp3) is 0.296. The number of sulfone groups is 2. The van der Waals surface area contributed by atoms with Crippen molar-refractivity contribution in [1.82, 2.24) is 4.90 Å². The molecule has 2 aliphatic heterocycles. The van der Waals surface area contributed by atoms with Gasteiger partial charge >= 0.3 is 0 Å². The highest BCUT2D eigenvalue weighted by Gasteiger charge is 2.55. The van der Waals surface area contributed by atoms with Gasteiger partial charge in [-0.2, -0.15) is 0 Å². The van der Waals surface area contributed by atoms with Gasteiger partial charge in [-0.3, -0.25) is 9.69 Å². The molecule has 7 nitrogen and oxygen atoms in total. The van der Waals surface area contributed by atoms with Gasteiger partial charge in [0.05, 0.1) is 9.79 Å². The Kier molecular flexibility index (Phi) is 6.48. The molecular weight excluding hydrogens is 496 g/mol. The smallest absolute Gasteiger partial charge is 0.237 e. The Labute approximate surface area is 211 Å². The molecule has 2 aliphatic rings. The summed E-state index contributed by atoms with van der Waals surface area (Å²) in [6, 6.07) is 22.7. The maximum atomic E-state index is 13.8. The summed E-state index contributed by atoms with van der Waals surface area (Å²) in [5.41, 5.74) is 7.67. The highest BCUT2D eigenvalue weighted by atomic mass is 32.2. The first-order chi connectivity index (χ1) is 17.2. The van der Waals surface area contributed by atoms with Gasteiger partial charge in [0.1, 0.15) is 5.25 Å². The molecule has 2 atom stereocenters. The van der Waals surface area contributed by atoms with E-state index in [1.807, 2.05) is 24.3 Å². The molecule has 0 saturated carbocycles. The number of hydrogen-bond donors (Lipinski definition) is 1. The predicted molar refractivity (Wildman–Crippen MR) is 137 cm³/mol. The van der Waals surface area contributed by atoms with Gasteiger partial charge in [0.15, 0.2) is 24.9 Å². The first-order valence-electron chi connectivity index (χ1n) is 11.9. The number of carbonyl (C=O) groups is 1. The Bertz CT molecular complexity index is 1480. The fourth-order valence-electron chi connectivity index (χ4n) is 5.54. The van der Waals surface area contributed by atoms with Gasteiger partial charge < -0.3 is 5.73 Å². The molecule has 3 aromatic rings. The zero-order valence-electron chi connectivity index (χ0n) is 19.7. The van der Waals surface area contributed by atoms with Crippen molar-refractivity contribution < 1.29 is 21.6 Å². The SMILES string of the molecule is NC(=O)C1C(S(=O)(=O)c2ccccc2)c2c(C3CCN(Cc4ccccc4)CC3)cccc2S1(=O)=O. The lowest BCUT2D eigenvalue weighted by Gasteiger charge is -2.33. The molecule has 0 aromatic heterocycles. The topological polar surface area (TPSA) is 115 Å². The van der Waals surface area contributed by atoms with Crippen LogP contribution in [-0.2, 0) is 31.0 Å². The number of nitrogens with two attached hydrogens (primary N) is 1. The summed E-state index contributed by atoms with van der Waals surface area (Å²) in [6.07, 6.45) is 1.51. The van der Waals surface area contributed by atoms with Crippen molar-refractivity contribution in [3.8, 4) is 0 Å². The lowest BCUT2D eigenvalue weighted by atomic mass is 9.85. The summed E-state index contributed by atoms with van der Waals surface area (Å²) in [7, 11) is -8.48. The van der Waals surface area contributed by atoms with Crippen LogP contribution < -0.4 is 5.73 Å². The zero-order valence-corrected chi connectivity index (χ0v) is 21.3. The van der Waals surface area contributed by atoms with Crippen LogP contribution in [0.4, 0.5) is 0 Å². The van der Waals surface area contributed by atoms with Crippen LogP contribution in [0.1, 0.15) is 40.7 Å². The van der Waals surface area contributed by atoms with Crippen molar-refractivity contribution in [1.29, 1.82) is 0 Å². The minimum Gasteiger partial charge on any atom is -0.368 e. The zero-order chi connectivity index (χ0) is 25.5. The third kappa shape index (κ3) is 4.25. The second-order valence-corrected chi connectivity index (χ2v) is 13.5. The Morgan fingerprint density at radius 1 is 0.889 bits per heavy atom. The summed E-state index contributed by atoms with van der Waals surface area (Å²) < 4.78 is 54.5. The van der Waals surface area contributed by atoms with E-state index >= 15 is 0 Å². The number of primary amides is 1. The molecule has 36 heavy (non-hydrogen) atoms. The van der Waals surface area contributed by atoms with Gasteiger partial charge in [-0.05, 0) is 66.7 Å². The average molecular weight is 525 g/mol. The molecule has 188 valence electrons. The van der Waals surface area contributed by atoms with Crippen LogP contribution >= 0.6 is 0 Å². The van der Waals surface area contributed by atoms with E-state index < -0.39 is 36.1 Å². The van der Waals surface area contributed by atoms with E-state index in [1.165, 1.54) is 23.8 Å². The number of likely N-dealkylation sites (tertiary alicyclic amines) is 1. The van der Waals surface area contributed by atoms with Crippen molar-refractivity contribution in [2.45, 2.75) is 45.6 Å². The summed E-state index contributed by atoms with van der Waals surface area (Å²) >= 11 is 0. The standard InChI is InChI=1S/C27H28N2O5S2/c28-27(30)26-25(35(31,32)21-10-5-2-6-11-21)24-22(12-7-13-23(24)36(26,33)34)20-14-16-29(17-15-20)18-19-8-3-1-4-9-19/h1-13,20,25-26H,14-18H2,(H2,28,30). The molecule has 0 aliphatic carbocycles. The first kappa shape index (κ1) is 24.7. The van der Waals surface area contributed by atoms with E-state index in [-0.39, 0.29) is 21.3 Å². The molecule has 1 fully saturated rings. The Morgan fingerprint density at radius 3 is 2.11 bits per heavy atom. The normalized spacial score (nSPS) is 22.2. The van der Waals surface area contributed by atoms with Crippen LogP contribution in [0.25, 0.3) is 0 Å². The number of fused-ring (bicyclic) bond motifs is 1. The van der Waals surface area contributed by atoms with Gasteiger partial charge in [0, 0.05) is 6.54 Å². The van der Waals surface area contributed by atoms with Gasteiger partial charge in [-0.1, -0.05) is 60.7 Å². The largest absolute Gasteiger partial charge is 0.368 e. The van der Waals surface area contributed by atoms with Crippen molar-refractivity contribution in [3.63, 3.8) is 0 Å². The van der Waals surface area contributed by atoms with Crippen LogP contribution in [0.3, 0.4) is 0 Å². The number of amides is 1. The molecule has 2 unspecified atom stereocenters. The fourth-order valence-corrected chi connectivity index (χ4v) is 10.2. The second kappa shape index (κ2) is 9.46. The van der Waals surface area contributed by atoms with E-state index in [2.05, 4.69) is 17.0 Å². The van der Waals surface area contributed by atoms with E-state index in [4.69, 9.17) is 5.73 Å². The van der Waals surface area contributed by atoms with Crippen molar-refractivity contribution >= 4 is 25.6 Å². The van der Waals surface area contributed by atoms with Crippen LogP contribution in [0, 0.1) is 0 Å².